The maximum absolute atomic E-state index is 8.75. The van der Waals surface area contributed by atoms with Crippen LogP contribution in [0.4, 0.5) is 11.4 Å². The molecule has 0 saturated carbocycles. The van der Waals surface area contributed by atoms with Gasteiger partial charge in [0.25, 0.3) is 0 Å². The standard InChI is InChI=1S/C16H12N4/c1-11-5-6-12-3-2-4-15(16(12)19-11)20-14-8-7-13(9-17)18-10-14/h2-8,10,20H,1H3. The second-order valence-corrected chi connectivity index (χ2v) is 4.50. The summed E-state index contributed by atoms with van der Waals surface area (Å²) in [6.45, 7) is 1.97. The van der Waals surface area contributed by atoms with Gasteiger partial charge in [-0.15, -0.1) is 0 Å². The van der Waals surface area contributed by atoms with Gasteiger partial charge >= 0.3 is 0 Å². The highest BCUT2D eigenvalue weighted by Crippen LogP contribution is 2.24. The molecule has 4 heteroatoms. The van der Waals surface area contributed by atoms with Crippen LogP contribution in [0, 0.1) is 18.3 Å². The summed E-state index contributed by atoms with van der Waals surface area (Å²) in [7, 11) is 0. The van der Waals surface area contributed by atoms with Crippen molar-refractivity contribution in [3.05, 3.63) is 60.0 Å². The lowest BCUT2D eigenvalue weighted by Crippen LogP contribution is -1.95. The van der Waals surface area contributed by atoms with Crippen LogP contribution in [0.3, 0.4) is 0 Å². The maximum Gasteiger partial charge on any atom is 0.140 e. The predicted octanol–water partition coefficient (Wildman–Crippen LogP) is 3.55. The molecule has 0 saturated heterocycles. The summed E-state index contributed by atoms with van der Waals surface area (Å²) in [6, 6.07) is 15.6. The average Bonchev–Trinajstić information content (AvgIpc) is 2.49. The van der Waals surface area contributed by atoms with Crippen LogP contribution in [-0.2, 0) is 0 Å². The molecule has 2 heterocycles. The summed E-state index contributed by atoms with van der Waals surface area (Å²) < 4.78 is 0. The van der Waals surface area contributed by atoms with Crippen LogP contribution in [0.2, 0.25) is 0 Å². The third-order valence-corrected chi connectivity index (χ3v) is 3.02. The quantitative estimate of drug-likeness (QED) is 0.765. The average molecular weight is 260 g/mol. The topological polar surface area (TPSA) is 61.6 Å². The Balaban J connectivity index is 2.01. The van der Waals surface area contributed by atoms with E-state index in [2.05, 4.69) is 21.4 Å². The van der Waals surface area contributed by atoms with Gasteiger partial charge in [0, 0.05) is 11.1 Å². The Morgan fingerprint density at radius 2 is 2.00 bits per heavy atom. The Bertz CT molecular complexity index is 801. The molecule has 0 spiro atoms. The van der Waals surface area contributed by atoms with E-state index in [1.54, 1.807) is 12.3 Å². The number of aryl methyl sites for hydroxylation is 1. The van der Waals surface area contributed by atoms with E-state index in [9.17, 15) is 0 Å². The van der Waals surface area contributed by atoms with Crippen molar-refractivity contribution in [2.24, 2.45) is 0 Å². The van der Waals surface area contributed by atoms with Gasteiger partial charge in [-0.05, 0) is 31.2 Å². The summed E-state index contributed by atoms with van der Waals surface area (Å²) in [5.41, 5.74) is 4.07. The number of hydrogen-bond donors (Lipinski definition) is 1. The molecule has 2 aromatic heterocycles. The first-order chi connectivity index (χ1) is 9.76. The minimum Gasteiger partial charge on any atom is -0.352 e. The number of anilines is 2. The number of nitrogens with zero attached hydrogens (tertiary/aromatic N) is 3. The number of fused-ring (bicyclic) bond motifs is 1. The van der Waals surface area contributed by atoms with Crippen molar-refractivity contribution in [2.75, 3.05) is 5.32 Å². The number of nitrogens with one attached hydrogen (secondary N) is 1. The molecule has 20 heavy (non-hydrogen) atoms. The third-order valence-electron chi connectivity index (χ3n) is 3.02. The van der Waals surface area contributed by atoms with Crippen molar-refractivity contribution in [3.8, 4) is 6.07 Å². The second-order valence-electron chi connectivity index (χ2n) is 4.50. The lowest BCUT2D eigenvalue weighted by atomic mass is 10.1. The van der Waals surface area contributed by atoms with Crippen molar-refractivity contribution >= 4 is 22.3 Å². The lowest BCUT2D eigenvalue weighted by Gasteiger charge is -2.09. The van der Waals surface area contributed by atoms with Crippen LogP contribution in [0.1, 0.15) is 11.4 Å². The first-order valence-electron chi connectivity index (χ1n) is 6.26. The molecule has 0 radical (unpaired) electrons. The Hall–Kier alpha value is -2.93. The molecule has 0 bridgehead atoms. The van der Waals surface area contributed by atoms with E-state index in [-0.39, 0.29) is 0 Å². The van der Waals surface area contributed by atoms with Crippen molar-refractivity contribution < 1.29 is 0 Å². The number of benzene rings is 1. The van der Waals surface area contributed by atoms with E-state index < -0.39 is 0 Å². The van der Waals surface area contributed by atoms with Crippen molar-refractivity contribution in [1.82, 2.24) is 9.97 Å². The van der Waals surface area contributed by atoms with Gasteiger partial charge in [0.05, 0.1) is 23.1 Å². The van der Waals surface area contributed by atoms with Gasteiger partial charge in [0.2, 0.25) is 0 Å². The van der Waals surface area contributed by atoms with Crippen LogP contribution in [0.25, 0.3) is 10.9 Å². The largest absolute Gasteiger partial charge is 0.352 e. The van der Waals surface area contributed by atoms with Gasteiger partial charge < -0.3 is 5.32 Å². The van der Waals surface area contributed by atoms with Crippen LogP contribution in [0.15, 0.2) is 48.7 Å². The lowest BCUT2D eigenvalue weighted by molar-refractivity contribution is 1.25. The number of aromatic nitrogens is 2. The summed E-state index contributed by atoms with van der Waals surface area (Å²) >= 11 is 0. The molecule has 96 valence electrons. The third kappa shape index (κ3) is 2.29. The highest BCUT2D eigenvalue weighted by atomic mass is 14.9. The van der Waals surface area contributed by atoms with E-state index in [0.717, 1.165) is 28.0 Å². The first-order valence-corrected chi connectivity index (χ1v) is 6.26. The predicted molar refractivity (Wildman–Crippen MR) is 78.7 cm³/mol. The van der Waals surface area contributed by atoms with Crippen molar-refractivity contribution in [2.45, 2.75) is 6.92 Å². The molecular weight excluding hydrogens is 248 g/mol. The van der Waals surface area contributed by atoms with E-state index >= 15 is 0 Å². The van der Waals surface area contributed by atoms with Gasteiger partial charge in [-0.3, -0.25) is 4.98 Å². The Morgan fingerprint density at radius 1 is 1.10 bits per heavy atom. The number of hydrogen-bond acceptors (Lipinski definition) is 4. The monoisotopic (exact) mass is 260 g/mol. The summed E-state index contributed by atoms with van der Waals surface area (Å²) in [5.74, 6) is 0. The molecular formula is C16H12N4. The molecule has 0 amide bonds. The highest BCUT2D eigenvalue weighted by molar-refractivity contribution is 5.92. The van der Waals surface area contributed by atoms with Crippen molar-refractivity contribution in [1.29, 1.82) is 5.26 Å². The van der Waals surface area contributed by atoms with Crippen LogP contribution in [-0.4, -0.2) is 9.97 Å². The fourth-order valence-corrected chi connectivity index (χ4v) is 2.03. The number of pyridine rings is 2. The van der Waals surface area contributed by atoms with E-state index in [1.165, 1.54) is 0 Å². The fraction of sp³-hybridized carbons (Fsp3) is 0.0625. The molecule has 0 aliphatic heterocycles. The SMILES string of the molecule is Cc1ccc2cccc(Nc3ccc(C#N)nc3)c2n1. The summed E-state index contributed by atoms with van der Waals surface area (Å²) in [4.78, 5) is 8.62. The van der Waals surface area contributed by atoms with Crippen LogP contribution >= 0.6 is 0 Å². The van der Waals surface area contributed by atoms with Gasteiger partial charge in [-0.25, -0.2) is 4.98 Å². The molecule has 3 rings (SSSR count). The van der Waals surface area contributed by atoms with Gasteiger partial charge in [-0.2, -0.15) is 5.26 Å². The zero-order valence-corrected chi connectivity index (χ0v) is 11.0. The van der Waals surface area contributed by atoms with E-state index in [1.807, 2.05) is 43.3 Å². The maximum atomic E-state index is 8.75. The summed E-state index contributed by atoms with van der Waals surface area (Å²) in [6.07, 6.45) is 1.65. The zero-order valence-electron chi connectivity index (χ0n) is 11.0. The molecule has 1 N–H and O–H groups in total. The minimum absolute atomic E-state index is 0.405. The van der Waals surface area contributed by atoms with E-state index in [4.69, 9.17) is 5.26 Å². The van der Waals surface area contributed by atoms with Crippen molar-refractivity contribution in [3.63, 3.8) is 0 Å². The van der Waals surface area contributed by atoms with Gasteiger partial charge in [-0.1, -0.05) is 18.2 Å². The number of rotatable bonds is 2. The number of para-hydroxylation sites is 1. The molecule has 0 unspecified atom stereocenters. The molecule has 3 aromatic rings. The molecule has 0 aliphatic carbocycles. The van der Waals surface area contributed by atoms with E-state index in [0.29, 0.717) is 5.69 Å². The van der Waals surface area contributed by atoms with Gasteiger partial charge in [0.1, 0.15) is 11.8 Å². The normalized spacial score (nSPS) is 10.2. The molecule has 4 nitrogen and oxygen atoms in total. The second kappa shape index (κ2) is 4.98. The fourth-order valence-electron chi connectivity index (χ4n) is 2.03. The molecule has 0 atom stereocenters. The Morgan fingerprint density at radius 3 is 2.75 bits per heavy atom. The van der Waals surface area contributed by atoms with Crippen LogP contribution in [0.5, 0.6) is 0 Å². The van der Waals surface area contributed by atoms with Crippen LogP contribution < -0.4 is 5.32 Å². The highest BCUT2D eigenvalue weighted by Gasteiger charge is 2.03. The molecule has 0 fully saturated rings. The summed E-state index contributed by atoms with van der Waals surface area (Å²) in [5, 5.41) is 13.1. The van der Waals surface area contributed by atoms with Gasteiger partial charge in [0.15, 0.2) is 0 Å². The molecule has 0 aliphatic rings. The smallest absolute Gasteiger partial charge is 0.140 e. The Labute approximate surface area is 116 Å². The number of nitriles is 1. The Kier molecular flexibility index (Phi) is 3.02. The zero-order chi connectivity index (χ0) is 13.9. The first kappa shape index (κ1) is 12.1. The minimum atomic E-state index is 0.405. The molecule has 1 aromatic carbocycles.